The second-order valence-corrected chi connectivity index (χ2v) is 8.39. The molecule has 1 aromatic carbocycles. The Bertz CT molecular complexity index is 857. The Hall–Kier alpha value is -1.85. The predicted octanol–water partition coefficient (Wildman–Crippen LogP) is 3.59. The van der Waals surface area contributed by atoms with Gasteiger partial charge in [0.15, 0.2) is 0 Å². The summed E-state index contributed by atoms with van der Waals surface area (Å²) in [4.78, 5) is 22.9. The molecule has 0 saturated carbocycles. The van der Waals surface area contributed by atoms with Crippen molar-refractivity contribution in [3.63, 3.8) is 0 Å². The first-order chi connectivity index (χ1) is 13.0. The van der Waals surface area contributed by atoms with E-state index in [1.807, 2.05) is 0 Å². The maximum absolute atomic E-state index is 11.1. The number of likely N-dealkylation sites (tertiary alicyclic amines) is 1. The van der Waals surface area contributed by atoms with Crippen molar-refractivity contribution in [3.8, 4) is 0 Å². The number of hydrogen-bond donors (Lipinski definition) is 2. The number of fused-ring (bicyclic) bond motifs is 2. The largest absolute Gasteiger partial charge is 0.358 e. The maximum atomic E-state index is 11.1. The zero-order chi connectivity index (χ0) is 19.1. The Morgan fingerprint density at radius 1 is 1.37 bits per heavy atom. The molecule has 1 aliphatic heterocycles. The van der Waals surface area contributed by atoms with E-state index >= 15 is 0 Å². The van der Waals surface area contributed by atoms with Crippen molar-refractivity contribution in [2.75, 3.05) is 19.7 Å². The van der Waals surface area contributed by atoms with E-state index in [1.165, 1.54) is 40.2 Å². The maximum Gasteiger partial charge on any atom is 0.240 e. The van der Waals surface area contributed by atoms with Crippen LogP contribution < -0.4 is 5.48 Å². The van der Waals surface area contributed by atoms with Crippen LogP contribution in [0.5, 0.6) is 0 Å². The zero-order valence-electron chi connectivity index (χ0n) is 16.9. The lowest BCUT2D eigenvalue weighted by Crippen LogP contribution is -2.51. The Balaban J connectivity index is 1.68. The van der Waals surface area contributed by atoms with Crippen LogP contribution in [0.25, 0.3) is 10.9 Å². The second-order valence-electron chi connectivity index (χ2n) is 8.39. The van der Waals surface area contributed by atoms with Gasteiger partial charge < -0.3 is 4.98 Å². The molecule has 2 aromatic rings. The molecule has 146 valence electrons. The number of H-pyrrole nitrogens is 1. The predicted molar refractivity (Wildman–Crippen MR) is 108 cm³/mol. The highest BCUT2D eigenvalue weighted by molar-refractivity contribution is 5.91. The molecule has 2 aliphatic rings. The van der Waals surface area contributed by atoms with E-state index in [0.717, 1.165) is 32.4 Å². The average molecular weight is 370 g/mol. The van der Waals surface area contributed by atoms with Gasteiger partial charge in [0.05, 0.1) is 6.61 Å². The first-order valence-electron chi connectivity index (χ1n) is 10.2. The molecule has 1 saturated heterocycles. The molecule has 2 N–H and O–H groups in total. The van der Waals surface area contributed by atoms with Crippen LogP contribution in [0.2, 0.25) is 0 Å². The normalized spacial score (nSPS) is 24.8. The minimum atomic E-state index is -0.139. The van der Waals surface area contributed by atoms with Gasteiger partial charge in [-0.05, 0) is 62.3 Å². The third kappa shape index (κ3) is 3.27. The van der Waals surface area contributed by atoms with Gasteiger partial charge in [-0.15, -0.1) is 0 Å². The van der Waals surface area contributed by atoms with Gasteiger partial charge in [0.25, 0.3) is 0 Å². The van der Waals surface area contributed by atoms with Crippen LogP contribution in [0.1, 0.15) is 55.0 Å². The molecule has 5 nitrogen and oxygen atoms in total. The number of aromatic amines is 1. The number of hydroxylamine groups is 1. The molecule has 1 fully saturated rings. The van der Waals surface area contributed by atoms with Crippen LogP contribution in [0.4, 0.5) is 0 Å². The van der Waals surface area contributed by atoms with E-state index in [2.05, 4.69) is 48.3 Å². The van der Waals surface area contributed by atoms with E-state index in [0.29, 0.717) is 24.5 Å². The third-order valence-corrected chi connectivity index (χ3v) is 6.38. The first-order valence-corrected chi connectivity index (χ1v) is 10.2. The Labute approximate surface area is 161 Å². The molecule has 1 amide bonds. The van der Waals surface area contributed by atoms with E-state index < -0.39 is 0 Å². The SMILES string of the molecule is CCCN1C[C@@H](CONC(C)=O)CC2c3ccc(C)c4[nH]c(C)c(c34)C[C@H]21. The number of carbonyl (C=O) groups excluding carboxylic acids is 1. The minimum absolute atomic E-state index is 0.139. The standard InChI is InChI=1S/C22H31N3O2/c1-5-8-25-11-16(12-27-24-15(4)26)9-19-17-7-6-13(2)22-21(17)18(10-20(19)25)14(3)23-22/h6-7,16,19-20,23H,5,8-12H2,1-4H3,(H,24,26)/t16-,19?,20+/m0/s1. The number of aromatic nitrogens is 1. The summed E-state index contributed by atoms with van der Waals surface area (Å²) in [7, 11) is 0. The number of rotatable bonds is 5. The Morgan fingerprint density at radius 3 is 2.93 bits per heavy atom. The summed E-state index contributed by atoms with van der Waals surface area (Å²) in [6.07, 6.45) is 3.41. The van der Waals surface area contributed by atoms with Crippen molar-refractivity contribution in [2.45, 2.75) is 58.9 Å². The van der Waals surface area contributed by atoms with Crippen molar-refractivity contribution in [2.24, 2.45) is 5.92 Å². The number of carbonyl (C=O) groups is 1. The lowest BCUT2D eigenvalue weighted by Gasteiger charge is -2.47. The van der Waals surface area contributed by atoms with Crippen molar-refractivity contribution in [1.29, 1.82) is 0 Å². The fourth-order valence-electron chi connectivity index (χ4n) is 5.28. The van der Waals surface area contributed by atoms with Crippen molar-refractivity contribution in [1.82, 2.24) is 15.4 Å². The fourth-order valence-corrected chi connectivity index (χ4v) is 5.28. The van der Waals surface area contributed by atoms with Crippen LogP contribution in [-0.4, -0.2) is 41.5 Å². The van der Waals surface area contributed by atoms with Crippen LogP contribution in [-0.2, 0) is 16.1 Å². The topological polar surface area (TPSA) is 57.4 Å². The van der Waals surface area contributed by atoms with E-state index in [9.17, 15) is 4.79 Å². The quantitative estimate of drug-likeness (QED) is 0.792. The van der Waals surface area contributed by atoms with Crippen LogP contribution in [0.15, 0.2) is 12.1 Å². The van der Waals surface area contributed by atoms with Crippen LogP contribution in [0.3, 0.4) is 0 Å². The molecule has 4 rings (SSSR count). The van der Waals surface area contributed by atoms with Gasteiger partial charge in [-0.3, -0.25) is 14.5 Å². The van der Waals surface area contributed by atoms with Crippen molar-refractivity contribution in [3.05, 3.63) is 34.5 Å². The van der Waals surface area contributed by atoms with Crippen LogP contribution in [0, 0.1) is 19.8 Å². The highest BCUT2D eigenvalue weighted by atomic mass is 16.6. The Morgan fingerprint density at radius 2 is 2.19 bits per heavy atom. The van der Waals surface area contributed by atoms with Gasteiger partial charge >= 0.3 is 0 Å². The molecular weight excluding hydrogens is 338 g/mol. The summed E-state index contributed by atoms with van der Waals surface area (Å²) >= 11 is 0. The molecule has 2 heterocycles. The summed E-state index contributed by atoms with van der Waals surface area (Å²) in [5, 5.41) is 1.47. The number of aryl methyl sites for hydroxylation is 2. The average Bonchev–Trinajstić information content (AvgIpc) is 2.96. The third-order valence-electron chi connectivity index (χ3n) is 6.38. The number of hydrogen-bond acceptors (Lipinski definition) is 3. The molecule has 5 heteroatoms. The summed E-state index contributed by atoms with van der Waals surface area (Å²) in [6.45, 7) is 10.9. The molecule has 0 radical (unpaired) electrons. The minimum Gasteiger partial charge on any atom is -0.358 e. The van der Waals surface area contributed by atoms with Gasteiger partial charge in [-0.25, -0.2) is 5.48 Å². The van der Waals surface area contributed by atoms with Crippen molar-refractivity contribution >= 4 is 16.8 Å². The molecule has 1 aliphatic carbocycles. The van der Waals surface area contributed by atoms with Gasteiger partial charge in [0.2, 0.25) is 5.91 Å². The highest BCUT2D eigenvalue weighted by Gasteiger charge is 2.41. The number of nitrogens with zero attached hydrogens (tertiary/aromatic N) is 1. The van der Waals surface area contributed by atoms with E-state index in [4.69, 9.17) is 4.84 Å². The molecule has 0 bridgehead atoms. The molecular formula is C22H31N3O2. The summed E-state index contributed by atoms with van der Waals surface area (Å²) in [5.74, 6) is 0.823. The zero-order valence-corrected chi connectivity index (χ0v) is 16.9. The fraction of sp³-hybridized carbons (Fsp3) is 0.591. The number of amides is 1. The van der Waals surface area contributed by atoms with Crippen molar-refractivity contribution < 1.29 is 9.63 Å². The van der Waals surface area contributed by atoms with Crippen LogP contribution >= 0.6 is 0 Å². The molecule has 1 unspecified atom stereocenters. The lowest BCUT2D eigenvalue weighted by atomic mass is 9.71. The number of benzene rings is 1. The second kappa shape index (κ2) is 7.28. The summed E-state index contributed by atoms with van der Waals surface area (Å²) in [6, 6.07) is 5.18. The summed E-state index contributed by atoms with van der Waals surface area (Å²) < 4.78 is 0. The molecule has 0 spiro atoms. The van der Waals surface area contributed by atoms with Gasteiger partial charge in [-0.2, -0.15) is 0 Å². The molecule has 3 atom stereocenters. The van der Waals surface area contributed by atoms with Gasteiger partial charge in [0.1, 0.15) is 0 Å². The summed E-state index contributed by atoms with van der Waals surface area (Å²) in [5.41, 5.74) is 9.47. The smallest absolute Gasteiger partial charge is 0.240 e. The van der Waals surface area contributed by atoms with E-state index in [-0.39, 0.29) is 5.91 Å². The highest BCUT2D eigenvalue weighted by Crippen LogP contribution is 2.46. The van der Waals surface area contributed by atoms with Gasteiger partial charge in [-0.1, -0.05) is 19.1 Å². The Kier molecular flexibility index (Phi) is 4.99. The molecule has 27 heavy (non-hydrogen) atoms. The number of nitrogens with one attached hydrogen (secondary N) is 2. The number of piperidine rings is 1. The monoisotopic (exact) mass is 369 g/mol. The molecule has 1 aromatic heterocycles. The van der Waals surface area contributed by atoms with Gasteiger partial charge in [0, 0.05) is 42.0 Å². The van der Waals surface area contributed by atoms with E-state index in [1.54, 1.807) is 0 Å². The lowest BCUT2D eigenvalue weighted by molar-refractivity contribution is -0.133. The first kappa shape index (κ1) is 18.5.